The Bertz CT molecular complexity index is 749. The number of nitrogens with one attached hydrogen (secondary N) is 1. The SMILES string of the molecule is Fc1cc(Cl)c(Nc2nccn2-c2ccccc2)c(Cl)c1. The van der Waals surface area contributed by atoms with Crippen molar-refractivity contribution in [1.82, 2.24) is 9.55 Å². The van der Waals surface area contributed by atoms with Crippen LogP contribution in [0.25, 0.3) is 5.69 Å². The first-order valence-corrected chi connectivity index (χ1v) is 6.91. The van der Waals surface area contributed by atoms with E-state index in [1.54, 1.807) is 6.20 Å². The van der Waals surface area contributed by atoms with Crippen molar-refractivity contribution in [3.05, 3.63) is 70.7 Å². The highest BCUT2D eigenvalue weighted by Crippen LogP contribution is 2.33. The summed E-state index contributed by atoms with van der Waals surface area (Å²) >= 11 is 12.1. The van der Waals surface area contributed by atoms with Crippen molar-refractivity contribution >= 4 is 34.8 Å². The number of hydrogen-bond acceptors (Lipinski definition) is 2. The second-order valence-electron chi connectivity index (χ2n) is 4.33. The third-order valence-corrected chi connectivity index (χ3v) is 3.51. The molecule has 0 saturated heterocycles. The zero-order chi connectivity index (χ0) is 14.8. The van der Waals surface area contributed by atoms with Gasteiger partial charge in [0, 0.05) is 18.1 Å². The lowest BCUT2D eigenvalue weighted by Crippen LogP contribution is -2.02. The van der Waals surface area contributed by atoms with Crippen molar-refractivity contribution in [2.75, 3.05) is 5.32 Å². The van der Waals surface area contributed by atoms with Crippen LogP contribution in [0.1, 0.15) is 0 Å². The minimum atomic E-state index is -0.484. The molecule has 2 aromatic carbocycles. The zero-order valence-electron chi connectivity index (χ0n) is 10.7. The highest BCUT2D eigenvalue weighted by atomic mass is 35.5. The van der Waals surface area contributed by atoms with Gasteiger partial charge in [0.15, 0.2) is 0 Å². The molecule has 0 aliphatic rings. The normalized spacial score (nSPS) is 10.6. The number of benzene rings is 2. The molecule has 0 unspecified atom stereocenters. The maximum Gasteiger partial charge on any atom is 0.212 e. The van der Waals surface area contributed by atoms with Gasteiger partial charge in [0.25, 0.3) is 0 Å². The summed E-state index contributed by atoms with van der Waals surface area (Å²) in [6.07, 6.45) is 3.46. The van der Waals surface area contributed by atoms with Crippen LogP contribution in [0, 0.1) is 5.82 Å². The first-order valence-electron chi connectivity index (χ1n) is 6.15. The van der Waals surface area contributed by atoms with Crippen LogP contribution in [-0.4, -0.2) is 9.55 Å². The van der Waals surface area contributed by atoms with Crippen molar-refractivity contribution in [3.63, 3.8) is 0 Å². The summed E-state index contributed by atoms with van der Waals surface area (Å²) in [6, 6.07) is 12.1. The summed E-state index contributed by atoms with van der Waals surface area (Å²) in [5.41, 5.74) is 1.36. The van der Waals surface area contributed by atoms with Gasteiger partial charge in [-0.3, -0.25) is 4.57 Å². The molecule has 1 N–H and O–H groups in total. The van der Waals surface area contributed by atoms with E-state index in [9.17, 15) is 4.39 Å². The van der Waals surface area contributed by atoms with Crippen molar-refractivity contribution in [2.24, 2.45) is 0 Å². The van der Waals surface area contributed by atoms with E-state index in [2.05, 4.69) is 10.3 Å². The molecule has 0 aliphatic carbocycles. The van der Waals surface area contributed by atoms with Crippen LogP contribution in [-0.2, 0) is 0 Å². The first-order chi connectivity index (χ1) is 10.1. The van der Waals surface area contributed by atoms with Gasteiger partial charge in [-0.1, -0.05) is 41.4 Å². The summed E-state index contributed by atoms with van der Waals surface area (Å²) in [5, 5.41) is 3.43. The largest absolute Gasteiger partial charge is 0.323 e. The minimum absolute atomic E-state index is 0.197. The van der Waals surface area contributed by atoms with E-state index in [1.165, 1.54) is 12.1 Å². The fraction of sp³-hybridized carbons (Fsp3) is 0. The summed E-state index contributed by atoms with van der Waals surface area (Å²) in [4.78, 5) is 4.23. The molecule has 3 nitrogen and oxygen atoms in total. The van der Waals surface area contributed by atoms with Crippen molar-refractivity contribution in [1.29, 1.82) is 0 Å². The molecule has 0 saturated carbocycles. The van der Waals surface area contributed by atoms with E-state index in [4.69, 9.17) is 23.2 Å². The molecule has 0 atom stereocenters. The third kappa shape index (κ3) is 2.86. The Morgan fingerprint density at radius 1 is 1.05 bits per heavy atom. The average Bonchev–Trinajstić information content (AvgIpc) is 2.92. The van der Waals surface area contributed by atoms with Gasteiger partial charge in [0.1, 0.15) is 5.82 Å². The number of anilines is 2. The summed E-state index contributed by atoms with van der Waals surface area (Å²) in [6.45, 7) is 0. The number of imidazole rings is 1. The van der Waals surface area contributed by atoms with Crippen molar-refractivity contribution < 1.29 is 4.39 Å². The van der Waals surface area contributed by atoms with E-state index >= 15 is 0 Å². The Labute approximate surface area is 131 Å². The third-order valence-electron chi connectivity index (χ3n) is 2.92. The Morgan fingerprint density at radius 3 is 2.38 bits per heavy atom. The van der Waals surface area contributed by atoms with Gasteiger partial charge in [-0.15, -0.1) is 0 Å². The molecule has 0 bridgehead atoms. The number of halogens is 3. The predicted octanol–water partition coefficient (Wildman–Crippen LogP) is 5.06. The molecule has 1 aromatic heterocycles. The van der Waals surface area contributed by atoms with Crippen molar-refractivity contribution in [3.8, 4) is 5.69 Å². The lowest BCUT2D eigenvalue weighted by molar-refractivity contribution is 0.628. The first kappa shape index (κ1) is 13.9. The van der Waals surface area contributed by atoms with Gasteiger partial charge in [-0.05, 0) is 24.3 Å². The maximum absolute atomic E-state index is 13.2. The Balaban J connectivity index is 1.99. The van der Waals surface area contributed by atoms with Crippen molar-refractivity contribution in [2.45, 2.75) is 0 Å². The van der Waals surface area contributed by atoms with Gasteiger partial charge in [-0.2, -0.15) is 0 Å². The number of hydrogen-bond donors (Lipinski definition) is 1. The zero-order valence-corrected chi connectivity index (χ0v) is 12.2. The standard InChI is InChI=1S/C15H10Cl2FN3/c16-12-8-10(18)9-13(17)14(12)20-15-19-6-7-21(15)11-4-2-1-3-5-11/h1-9H,(H,19,20). The topological polar surface area (TPSA) is 29.9 Å². The summed E-state index contributed by atoms with van der Waals surface area (Å²) in [5.74, 6) is 0.0542. The van der Waals surface area contributed by atoms with Gasteiger partial charge in [-0.25, -0.2) is 9.37 Å². The fourth-order valence-corrected chi connectivity index (χ4v) is 2.52. The molecule has 106 valence electrons. The molecule has 3 aromatic rings. The van der Waals surface area contributed by atoms with Gasteiger partial charge in [0.05, 0.1) is 15.7 Å². The van der Waals surface area contributed by atoms with E-state index in [0.717, 1.165) is 5.69 Å². The van der Waals surface area contributed by atoms with Gasteiger partial charge >= 0.3 is 0 Å². The smallest absolute Gasteiger partial charge is 0.212 e. The quantitative estimate of drug-likeness (QED) is 0.730. The molecule has 21 heavy (non-hydrogen) atoms. The molecular weight excluding hydrogens is 312 g/mol. The van der Waals surface area contributed by atoms with Crippen LogP contribution < -0.4 is 5.32 Å². The molecule has 0 amide bonds. The lowest BCUT2D eigenvalue weighted by Gasteiger charge is -2.12. The number of aromatic nitrogens is 2. The molecule has 6 heteroatoms. The monoisotopic (exact) mass is 321 g/mol. The molecular formula is C15H10Cl2FN3. The van der Waals surface area contributed by atoms with Crippen LogP contribution in [0.3, 0.4) is 0 Å². The second kappa shape index (κ2) is 5.76. The summed E-state index contributed by atoms with van der Waals surface area (Å²) < 4.78 is 15.1. The number of nitrogens with zero attached hydrogens (tertiary/aromatic N) is 2. The average molecular weight is 322 g/mol. The highest BCUT2D eigenvalue weighted by molar-refractivity contribution is 6.39. The number of rotatable bonds is 3. The van der Waals surface area contributed by atoms with Gasteiger partial charge < -0.3 is 5.32 Å². The lowest BCUT2D eigenvalue weighted by atomic mass is 10.3. The molecule has 0 radical (unpaired) electrons. The molecule has 0 spiro atoms. The predicted molar refractivity (Wildman–Crippen MR) is 83.3 cm³/mol. The van der Waals surface area contributed by atoms with E-state index in [1.807, 2.05) is 41.1 Å². The maximum atomic E-state index is 13.2. The minimum Gasteiger partial charge on any atom is -0.323 e. The molecule has 3 rings (SSSR count). The van der Waals surface area contributed by atoms with Crippen LogP contribution in [0.4, 0.5) is 16.0 Å². The van der Waals surface area contributed by atoms with E-state index < -0.39 is 5.82 Å². The van der Waals surface area contributed by atoms with Crippen LogP contribution >= 0.6 is 23.2 Å². The van der Waals surface area contributed by atoms with E-state index in [-0.39, 0.29) is 10.0 Å². The Hall–Kier alpha value is -2.04. The summed E-state index contributed by atoms with van der Waals surface area (Å²) in [7, 11) is 0. The molecule has 0 fully saturated rings. The second-order valence-corrected chi connectivity index (χ2v) is 5.14. The molecule has 1 heterocycles. The van der Waals surface area contributed by atoms with E-state index in [0.29, 0.717) is 11.6 Å². The van der Waals surface area contributed by atoms with Crippen LogP contribution in [0.15, 0.2) is 54.9 Å². The van der Waals surface area contributed by atoms with Crippen LogP contribution in [0.5, 0.6) is 0 Å². The van der Waals surface area contributed by atoms with Gasteiger partial charge in [0.2, 0.25) is 5.95 Å². The fourth-order valence-electron chi connectivity index (χ4n) is 1.97. The Morgan fingerprint density at radius 2 is 1.71 bits per heavy atom. The van der Waals surface area contributed by atoms with Crippen LogP contribution in [0.2, 0.25) is 10.0 Å². The number of para-hydroxylation sites is 1. The highest BCUT2D eigenvalue weighted by Gasteiger charge is 2.12. The Kier molecular flexibility index (Phi) is 3.82. The molecule has 0 aliphatic heterocycles.